The second kappa shape index (κ2) is 11.1. The highest BCUT2D eigenvalue weighted by Crippen LogP contribution is 2.42. The third-order valence-corrected chi connectivity index (χ3v) is 10.7. The Kier molecular flexibility index (Phi) is 6.23. The number of hydrogen-bond acceptors (Lipinski definition) is 3. The lowest BCUT2D eigenvalue weighted by atomic mass is 9.34. The summed E-state index contributed by atoms with van der Waals surface area (Å²) in [4.78, 5) is 2.32. The summed E-state index contributed by atoms with van der Waals surface area (Å²) in [5.74, 6) is 3.50. The van der Waals surface area contributed by atoms with Crippen molar-refractivity contribution in [2.45, 2.75) is 6.92 Å². The smallest absolute Gasteiger partial charge is 0.260 e. The van der Waals surface area contributed by atoms with Crippen LogP contribution in [0.15, 0.2) is 170 Å². The van der Waals surface area contributed by atoms with Crippen LogP contribution in [0.2, 0.25) is 0 Å². The first-order valence-corrected chi connectivity index (χ1v) is 17.8. The summed E-state index contributed by atoms with van der Waals surface area (Å²) in [6.45, 7) is 2.14. The van der Waals surface area contributed by atoms with Crippen LogP contribution < -0.4 is 30.8 Å². The summed E-state index contributed by atoms with van der Waals surface area (Å²) >= 11 is 0. The Labute approximate surface area is 301 Å². The number of aryl methyl sites for hydroxylation is 1. The van der Waals surface area contributed by atoms with Gasteiger partial charge in [-0.3, -0.25) is 0 Å². The third-order valence-electron chi connectivity index (χ3n) is 10.7. The van der Waals surface area contributed by atoms with Crippen molar-refractivity contribution < 1.29 is 9.47 Å². The average Bonchev–Trinajstić information content (AvgIpc) is 3.49. The van der Waals surface area contributed by atoms with Crippen molar-refractivity contribution in [3.05, 3.63) is 175 Å². The number of aromatic nitrogens is 1. The van der Waals surface area contributed by atoms with Crippen LogP contribution in [0.4, 0.5) is 17.1 Å². The van der Waals surface area contributed by atoms with E-state index < -0.39 is 0 Å². The van der Waals surface area contributed by atoms with Crippen LogP contribution in [0, 0.1) is 6.92 Å². The van der Waals surface area contributed by atoms with Crippen LogP contribution in [0.3, 0.4) is 0 Å². The molecule has 0 saturated heterocycles. The molecule has 2 aliphatic heterocycles. The monoisotopic (exact) mass is 666 g/mol. The molecule has 2 aliphatic rings. The molecule has 8 aromatic carbocycles. The predicted octanol–water partition coefficient (Wildman–Crippen LogP) is 10.4. The van der Waals surface area contributed by atoms with Crippen molar-refractivity contribution in [1.82, 2.24) is 4.57 Å². The molecule has 4 nitrogen and oxygen atoms in total. The van der Waals surface area contributed by atoms with Crippen molar-refractivity contribution in [3.63, 3.8) is 0 Å². The van der Waals surface area contributed by atoms with E-state index in [1.54, 1.807) is 0 Å². The van der Waals surface area contributed by atoms with Gasteiger partial charge in [0, 0.05) is 39.0 Å². The maximum atomic E-state index is 6.76. The fourth-order valence-electron chi connectivity index (χ4n) is 8.39. The number of benzene rings is 8. The van der Waals surface area contributed by atoms with Gasteiger partial charge in [-0.1, -0.05) is 84.4 Å². The maximum absolute atomic E-state index is 6.76. The van der Waals surface area contributed by atoms with Gasteiger partial charge in [-0.2, -0.15) is 0 Å². The number of para-hydroxylation sites is 3. The molecular formula is C47H31BN2O2. The lowest BCUT2D eigenvalue weighted by Gasteiger charge is -2.33. The second-order valence-electron chi connectivity index (χ2n) is 13.8. The molecule has 0 spiro atoms. The van der Waals surface area contributed by atoms with Gasteiger partial charge in [0.15, 0.2) is 0 Å². The fourth-order valence-corrected chi connectivity index (χ4v) is 8.39. The van der Waals surface area contributed by atoms with Crippen molar-refractivity contribution in [2.24, 2.45) is 0 Å². The standard InChI is InChI=1S/C47H31BN2O2/c1-30-20-23-43-39(24-30)48-40-29-42-38(28-46(40)52-45-19-11-18-44(51-43)47(45)48)37-26-31-21-22-36(25-32(31)27-41(37)50(42)35-16-9-4-10-17-35)49(33-12-5-2-6-13-33)34-14-7-3-8-15-34/h2-29H,1H3. The molecule has 1 aromatic heterocycles. The minimum atomic E-state index is -0.00572. The Bertz CT molecular complexity index is 2830. The lowest BCUT2D eigenvalue weighted by Crippen LogP contribution is -2.57. The van der Waals surface area contributed by atoms with Gasteiger partial charge < -0.3 is 18.9 Å². The van der Waals surface area contributed by atoms with E-state index in [0.29, 0.717) is 0 Å². The first-order valence-electron chi connectivity index (χ1n) is 17.8. The quantitative estimate of drug-likeness (QED) is 0.175. The molecule has 0 radical (unpaired) electrons. The topological polar surface area (TPSA) is 26.6 Å². The SMILES string of the molecule is Cc1ccc2c(c1)B1c3cc4c(cc3Oc3cccc(c31)O2)c1cc2ccc(N(c3ccccc3)c3ccccc3)cc2cc1n4-c1ccccc1. The summed E-state index contributed by atoms with van der Waals surface area (Å²) < 4.78 is 15.6. The minimum absolute atomic E-state index is 0.00572. The van der Waals surface area contributed by atoms with Crippen LogP contribution >= 0.6 is 0 Å². The molecule has 3 heterocycles. The third kappa shape index (κ3) is 4.36. The molecule has 11 rings (SSSR count). The van der Waals surface area contributed by atoms with Gasteiger partial charge in [0.2, 0.25) is 0 Å². The highest BCUT2D eigenvalue weighted by Gasteiger charge is 2.40. The highest BCUT2D eigenvalue weighted by atomic mass is 16.5. The van der Waals surface area contributed by atoms with Crippen LogP contribution in [0.5, 0.6) is 23.0 Å². The Morgan fingerprint density at radius 2 is 1.10 bits per heavy atom. The molecule has 0 aliphatic carbocycles. The zero-order valence-corrected chi connectivity index (χ0v) is 28.5. The first-order chi connectivity index (χ1) is 25.7. The van der Waals surface area contributed by atoms with E-state index in [1.807, 2.05) is 6.07 Å². The van der Waals surface area contributed by atoms with Crippen molar-refractivity contribution in [3.8, 4) is 28.7 Å². The van der Waals surface area contributed by atoms with Crippen molar-refractivity contribution in [2.75, 3.05) is 4.90 Å². The Balaban J connectivity index is 1.17. The highest BCUT2D eigenvalue weighted by molar-refractivity contribution is 6.98. The van der Waals surface area contributed by atoms with Gasteiger partial charge in [-0.05, 0) is 120 Å². The van der Waals surface area contributed by atoms with Crippen molar-refractivity contribution >= 4 is 72.7 Å². The molecule has 244 valence electrons. The van der Waals surface area contributed by atoms with Crippen LogP contribution in [-0.2, 0) is 0 Å². The number of rotatable bonds is 4. The van der Waals surface area contributed by atoms with Crippen LogP contribution in [-0.4, -0.2) is 11.3 Å². The Morgan fingerprint density at radius 3 is 1.83 bits per heavy atom. The molecule has 0 saturated carbocycles. The summed E-state index contributed by atoms with van der Waals surface area (Å²) in [6.07, 6.45) is 0. The minimum Gasteiger partial charge on any atom is -0.458 e. The molecule has 0 amide bonds. The number of fused-ring (bicyclic) bond motifs is 8. The normalized spacial score (nSPS) is 12.6. The molecule has 0 fully saturated rings. The van der Waals surface area contributed by atoms with E-state index >= 15 is 0 Å². The zero-order chi connectivity index (χ0) is 34.3. The van der Waals surface area contributed by atoms with Crippen molar-refractivity contribution in [1.29, 1.82) is 0 Å². The molecule has 0 unspecified atom stereocenters. The van der Waals surface area contributed by atoms with Gasteiger partial charge in [0.25, 0.3) is 6.71 Å². The predicted molar refractivity (Wildman–Crippen MR) is 215 cm³/mol. The maximum Gasteiger partial charge on any atom is 0.260 e. The Hall–Kier alpha value is -6.72. The van der Waals surface area contributed by atoms with E-state index in [4.69, 9.17) is 9.47 Å². The lowest BCUT2D eigenvalue weighted by molar-refractivity contribution is 0.465. The molecule has 0 N–H and O–H groups in total. The summed E-state index contributed by atoms with van der Waals surface area (Å²) in [5, 5.41) is 4.71. The fraction of sp³-hybridized carbons (Fsp3) is 0.0213. The second-order valence-corrected chi connectivity index (χ2v) is 13.8. The largest absolute Gasteiger partial charge is 0.458 e. The molecular weight excluding hydrogens is 635 g/mol. The van der Waals surface area contributed by atoms with Gasteiger partial charge in [-0.15, -0.1) is 0 Å². The van der Waals surface area contributed by atoms with E-state index in [1.165, 1.54) is 27.2 Å². The summed E-state index contributed by atoms with van der Waals surface area (Å²) in [7, 11) is 0. The number of nitrogens with zero attached hydrogens (tertiary/aromatic N) is 2. The van der Waals surface area contributed by atoms with Crippen LogP contribution in [0.1, 0.15) is 5.56 Å². The first kappa shape index (κ1) is 29.1. The van der Waals surface area contributed by atoms with Gasteiger partial charge in [0.05, 0.1) is 11.0 Å². The average molecular weight is 667 g/mol. The van der Waals surface area contributed by atoms with E-state index in [0.717, 1.165) is 73.1 Å². The number of anilines is 3. The van der Waals surface area contributed by atoms with Gasteiger partial charge in [0.1, 0.15) is 23.0 Å². The van der Waals surface area contributed by atoms with E-state index in [2.05, 4.69) is 180 Å². The van der Waals surface area contributed by atoms with Gasteiger partial charge >= 0.3 is 0 Å². The number of ether oxygens (including phenoxy) is 2. The summed E-state index contributed by atoms with van der Waals surface area (Å²) in [6, 6.07) is 60.6. The van der Waals surface area contributed by atoms with E-state index in [9.17, 15) is 0 Å². The van der Waals surface area contributed by atoms with Gasteiger partial charge in [-0.25, -0.2) is 0 Å². The zero-order valence-electron chi connectivity index (χ0n) is 28.5. The molecule has 0 atom stereocenters. The molecule has 0 bridgehead atoms. The molecule has 9 aromatic rings. The Morgan fingerprint density at radius 1 is 0.462 bits per heavy atom. The number of hydrogen-bond donors (Lipinski definition) is 0. The molecule has 52 heavy (non-hydrogen) atoms. The summed E-state index contributed by atoms with van der Waals surface area (Å²) in [5.41, 5.74) is 11.4. The van der Waals surface area contributed by atoms with Crippen LogP contribution in [0.25, 0.3) is 38.3 Å². The van der Waals surface area contributed by atoms with E-state index in [-0.39, 0.29) is 6.71 Å². The molecule has 5 heteroatoms.